The summed E-state index contributed by atoms with van der Waals surface area (Å²) in [5, 5.41) is 5.65. The summed E-state index contributed by atoms with van der Waals surface area (Å²) in [5.74, 6) is 0.873. The Kier molecular flexibility index (Phi) is 8.36. The van der Waals surface area contributed by atoms with Crippen LogP contribution in [0.1, 0.15) is 37.1 Å². The zero-order valence-electron chi connectivity index (χ0n) is 16.4. The van der Waals surface area contributed by atoms with E-state index in [1.54, 1.807) is 30.3 Å². The third-order valence-corrected chi connectivity index (χ3v) is 6.52. The van der Waals surface area contributed by atoms with Crippen LogP contribution in [-0.2, 0) is 9.53 Å². The molecular formula is C19H31IN4O2S. The molecule has 0 saturated carbocycles. The minimum atomic E-state index is 0. The van der Waals surface area contributed by atoms with Crippen molar-refractivity contribution in [1.29, 1.82) is 0 Å². The number of nitrogens with one attached hydrogen (secondary N) is 1. The van der Waals surface area contributed by atoms with Gasteiger partial charge in [0.2, 0.25) is 5.91 Å². The number of likely N-dealkylation sites (tertiary alicyclic amines) is 1. The molecule has 2 fully saturated rings. The molecule has 3 heterocycles. The molecule has 2 saturated heterocycles. The summed E-state index contributed by atoms with van der Waals surface area (Å²) < 4.78 is 5.56. The van der Waals surface area contributed by atoms with Crippen LogP contribution in [-0.4, -0.2) is 68.6 Å². The van der Waals surface area contributed by atoms with Gasteiger partial charge < -0.3 is 19.9 Å². The zero-order valence-corrected chi connectivity index (χ0v) is 19.6. The van der Waals surface area contributed by atoms with Crippen LogP contribution in [0.5, 0.6) is 0 Å². The van der Waals surface area contributed by atoms with Crippen LogP contribution in [0.15, 0.2) is 22.5 Å². The van der Waals surface area contributed by atoms with Crippen LogP contribution in [0, 0.1) is 5.41 Å². The van der Waals surface area contributed by atoms with Gasteiger partial charge in [-0.2, -0.15) is 0 Å². The highest BCUT2D eigenvalue weighted by atomic mass is 127. The van der Waals surface area contributed by atoms with Gasteiger partial charge in [-0.1, -0.05) is 6.07 Å². The molecule has 152 valence electrons. The number of hydrogen-bond acceptors (Lipinski definition) is 4. The minimum Gasteiger partial charge on any atom is -0.381 e. The first-order valence-corrected chi connectivity index (χ1v) is 10.2. The Morgan fingerprint density at radius 2 is 2.15 bits per heavy atom. The summed E-state index contributed by atoms with van der Waals surface area (Å²) in [6.07, 6.45) is 3.41. The van der Waals surface area contributed by atoms with E-state index < -0.39 is 0 Å². The van der Waals surface area contributed by atoms with Crippen LogP contribution < -0.4 is 5.32 Å². The first-order valence-electron chi connectivity index (χ1n) is 9.36. The topological polar surface area (TPSA) is 57.2 Å². The zero-order chi connectivity index (χ0) is 18.6. The number of aliphatic imine (C=N–C) groups is 1. The molecule has 0 aliphatic carbocycles. The smallest absolute Gasteiger partial charge is 0.243 e. The van der Waals surface area contributed by atoms with Crippen LogP contribution in [0.25, 0.3) is 0 Å². The molecule has 1 unspecified atom stereocenters. The molecule has 1 aromatic heterocycles. The van der Waals surface area contributed by atoms with Gasteiger partial charge in [-0.05, 0) is 43.0 Å². The predicted molar refractivity (Wildman–Crippen MR) is 121 cm³/mol. The van der Waals surface area contributed by atoms with Gasteiger partial charge >= 0.3 is 0 Å². The molecule has 1 atom stereocenters. The standard InChI is InChI=1S/C19H30N4O2S.HI/c1-15(16-5-4-12-26-16)21-18(20-13-17(24)22(2)3)23-9-6-19(14-23)7-10-25-11-8-19;/h4-5,12,15H,6-11,13-14H2,1-3H3,(H,20,21);1H. The number of nitrogens with zero attached hydrogens (tertiary/aromatic N) is 3. The first kappa shape index (κ1) is 22.4. The van der Waals surface area contributed by atoms with E-state index in [1.165, 1.54) is 11.3 Å². The second-order valence-corrected chi connectivity index (χ2v) is 8.57. The summed E-state index contributed by atoms with van der Waals surface area (Å²) in [5.41, 5.74) is 0.346. The van der Waals surface area contributed by atoms with Crippen molar-refractivity contribution in [2.24, 2.45) is 10.4 Å². The molecule has 0 bridgehead atoms. The van der Waals surface area contributed by atoms with Gasteiger partial charge in [0, 0.05) is 45.3 Å². The summed E-state index contributed by atoms with van der Waals surface area (Å²) in [6, 6.07) is 4.38. The lowest BCUT2D eigenvalue weighted by molar-refractivity contribution is -0.127. The Hall–Kier alpha value is -0.870. The van der Waals surface area contributed by atoms with E-state index in [0.717, 1.165) is 45.1 Å². The maximum absolute atomic E-state index is 12.0. The van der Waals surface area contributed by atoms with Gasteiger partial charge in [0.1, 0.15) is 6.54 Å². The number of ether oxygens (including phenoxy) is 1. The SMILES string of the molecule is CC(NC(=NCC(=O)N(C)C)N1CCC2(CCOCC2)C1)c1cccs1.I. The number of guanidine groups is 1. The average Bonchev–Trinajstić information content (AvgIpc) is 3.29. The molecule has 1 spiro atoms. The normalized spacial score (nSPS) is 20.3. The van der Waals surface area contributed by atoms with Crippen LogP contribution in [0.3, 0.4) is 0 Å². The van der Waals surface area contributed by atoms with E-state index in [0.29, 0.717) is 5.41 Å². The van der Waals surface area contributed by atoms with Gasteiger partial charge in [-0.15, -0.1) is 35.3 Å². The largest absolute Gasteiger partial charge is 0.381 e. The summed E-state index contributed by atoms with van der Waals surface area (Å²) in [4.78, 5) is 21.9. The number of carbonyl (C=O) groups excluding carboxylic acids is 1. The first-order chi connectivity index (χ1) is 12.5. The molecule has 1 N–H and O–H groups in total. The molecule has 0 radical (unpaired) electrons. The Morgan fingerprint density at radius 1 is 1.41 bits per heavy atom. The highest BCUT2D eigenvalue weighted by Crippen LogP contribution is 2.39. The van der Waals surface area contributed by atoms with E-state index in [2.05, 4.69) is 39.6 Å². The third kappa shape index (κ3) is 5.80. The van der Waals surface area contributed by atoms with E-state index in [4.69, 9.17) is 4.74 Å². The molecule has 2 aliphatic rings. The maximum Gasteiger partial charge on any atom is 0.243 e. The van der Waals surface area contributed by atoms with Crippen molar-refractivity contribution in [3.05, 3.63) is 22.4 Å². The number of hydrogen-bond donors (Lipinski definition) is 1. The summed E-state index contributed by atoms with van der Waals surface area (Å²) in [7, 11) is 3.54. The molecule has 27 heavy (non-hydrogen) atoms. The molecule has 6 nitrogen and oxygen atoms in total. The Labute approximate surface area is 183 Å². The fraction of sp³-hybridized carbons (Fsp3) is 0.684. The van der Waals surface area contributed by atoms with Gasteiger partial charge in [0.15, 0.2) is 5.96 Å². The quantitative estimate of drug-likeness (QED) is 0.388. The number of rotatable bonds is 4. The van der Waals surface area contributed by atoms with E-state index in [9.17, 15) is 4.79 Å². The number of amides is 1. The van der Waals surface area contributed by atoms with Crippen LogP contribution in [0.4, 0.5) is 0 Å². The van der Waals surface area contributed by atoms with Crippen molar-refractivity contribution in [3.63, 3.8) is 0 Å². The van der Waals surface area contributed by atoms with Crippen molar-refractivity contribution >= 4 is 47.2 Å². The summed E-state index contributed by atoms with van der Waals surface area (Å²) in [6.45, 7) is 6.03. The predicted octanol–water partition coefficient (Wildman–Crippen LogP) is 2.96. The molecule has 1 amide bonds. The van der Waals surface area contributed by atoms with Crippen molar-refractivity contribution in [1.82, 2.24) is 15.1 Å². The Morgan fingerprint density at radius 3 is 2.78 bits per heavy atom. The number of thiophene rings is 1. The average molecular weight is 506 g/mol. The van der Waals surface area contributed by atoms with Crippen LogP contribution >= 0.6 is 35.3 Å². The third-order valence-electron chi connectivity index (χ3n) is 5.47. The van der Waals surface area contributed by atoms with Gasteiger partial charge in [-0.25, -0.2) is 4.99 Å². The van der Waals surface area contributed by atoms with E-state index >= 15 is 0 Å². The molecular weight excluding hydrogens is 475 g/mol. The molecule has 3 rings (SSSR count). The molecule has 0 aromatic carbocycles. The molecule has 2 aliphatic heterocycles. The van der Waals surface area contributed by atoms with Gasteiger partial charge in [-0.3, -0.25) is 4.79 Å². The number of halogens is 1. The highest BCUT2D eigenvalue weighted by Gasteiger charge is 2.40. The van der Waals surface area contributed by atoms with Crippen LogP contribution in [0.2, 0.25) is 0 Å². The molecule has 8 heteroatoms. The minimum absolute atomic E-state index is 0. The number of likely N-dealkylation sites (N-methyl/N-ethyl adjacent to an activating group) is 1. The lowest BCUT2D eigenvalue weighted by Crippen LogP contribution is -2.43. The fourth-order valence-corrected chi connectivity index (χ4v) is 4.39. The lowest BCUT2D eigenvalue weighted by atomic mass is 9.80. The maximum atomic E-state index is 12.0. The van der Waals surface area contributed by atoms with Crippen molar-refractivity contribution in [2.45, 2.75) is 32.2 Å². The Balaban J connectivity index is 0.00000261. The van der Waals surface area contributed by atoms with Gasteiger partial charge in [0.25, 0.3) is 0 Å². The highest BCUT2D eigenvalue weighted by molar-refractivity contribution is 14.0. The monoisotopic (exact) mass is 506 g/mol. The van der Waals surface area contributed by atoms with Crippen molar-refractivity contribution in [3.8, 4) is 0 Å². The van der Waals surface area contributed by atoms with E-state index in [-0.39, 0.29) is 42.5 Å². The van der Waals surface area contributed by atoms with Gasteiger partial charge in [0.05, 0.1) is 6.04 Å². The number of carbonyl (C=O) groups is 1. The fourth-order valence-electron chi connectivity index (χ4n) is 3.65. The van der Waals surface area contributed by atoms with E-state index in [1.807, 2.05) is 0 Å². The Bertz CT molecular complexity index is 630. The van der Waals surface area contributed by atoms with Crippen molar-refractivity contribution in [2.75, 3.05) is 46.9 Å². The van der Waals surface area contributed by atoms with Crippen molar-refractivity contribution < 1.29 is 9.53 Å². The second kappa shape index (κ2) is 10.1. The lowest BCUT2D eigenvalue weighted by Gasteiger charge is -2.34. The second-order valence-electron chi connectivity index (χ2n) is 7.59. The molecule has 1 aromatic rings. The summed E-state index contributed by atoms with van der Waals surface area (Å²) >= 11 is 1.74.